The lowest BCUT2D eigenvalue weighted by Crippen LogP contribution is -2.42. The van der Waals surface area contributed by atoms with Crippen molar-refractivity contribution in [2.45, 2.75) is 57.9 Å². The topological polar surface area (TPSA) is 81.7 Å². The molecule has 2 saturated heterocycles. The van der Waals surface area contributed by atoms with Crippen molar-refractivity contribution in [3.05, 3.63) is 51.7 Å². The number of piperidine rings is 1. The van der Waals surface area contributed by atoms with E-state index >= 15 is 0 Å². The van der Waals surface area contributed by atoms with Gasteiger partial charge in [0.15, 0.2) is 10.1 Å². The molecular weight excluding hydrogens is 570 g/mol. The Morgan fingerprint density at radius 1 is 1.10 bits per heavy atom. The number of hydrogen-bond acceptors (Lipinski definition) is 9. The van der Waals surface area contributed by atoms with Gasteiger partial charge in [0.25, 0.3) is 0 Å². The summed E-state index contributed by atoms with van der Waals surface area (Å²) in [5, 5.41) is 14.3. The summed E-state index contributed by atoms with van der Waals surface area (Å²) < 4.78 is 21.3. The van der Waals surface area contributed by atoms with Gasteiger partial charge in [0.2, 0.25) is 0 Å². The molecule has 222 valence electrons. The molecule has 42 heavy (non-hydrogen) atoms. The molecular formula is C31H38FN7OS2. The predicted molar refractivity (Wildman–Crippen MR) is 168 cm³/mol. The van der Waals surface area contributed by atoms with Gasteiger partial charge in [-0.15, -0.1) is 11.3 Å². The number of halogens is 1. The van der Waals surface area contributed by atoms with E-state index in [4.69, 9.17) is 14.7 Å². The summed E-state index contributed by atoms with van der Waals surface area (Å²) in [6, 6.07) is 9.08. The number of nitrogens with zero attached hydrogens (tertiary/aromatic N) is 6. The Morgan fingerprint density at radius 2 is 1.86 bits per heavy atom. The average molecular weight is 608 g/mol. The van der Waals surface area contributed by atoms with Crippen LogP contribution in [0.2, 0.25) is 0 Å². The first kappa shape index (κ1) is 29.2. The molecule has 1 N–H and O–H groups in total. The molecule has 3 aromatic heterocycles. The molecule has 4 aromatic rings. The third kappa shape index (κ3) is 6.10. The quantitative estimate of drug-likeness (QED) is 0.230. The summed E-state index contributed by atoms with van der Waals surface area (Å²) in [6.45, 7) is 11.1. The molecule has 0 saturated carbocycles. The second kappa shape index (κ2) is 13.2. The van der Waals surface area contributed by atoms with E-state index in [-0.39, 0.29) is 5.82 Å². The molecule has 0 spiro atoms. The van der Waals surface area contributed by atoms with E-state index in [0.717, 1.165) is 98.7 Å². The second-order valence-corrected chi connectivity index (χ2v) is 13.0. The van der Waals surface area contributed by atoms with Crippen LogP contribution in [0.15, 0.2) is 30.5 Å². The number of aromatic nitrogens is 3. The van der Waals surface area contributed by atoms with Crippen LogP contribution < -0.4 is 10.2 Å². The minimum absolute atomic E-state index is 0.307. The lowest BCUT2D eigenvalue weighted by molar-refractivity contribution is 0.0769. The lowest BCUT2D eigenvalue weighted by atomic mass is 9.96. The molecule has 1 aromatic carbocycles. The Labute approximate surface area is 254 Å². The summed E-state index contributed by atoms with van der Waals surface area (Å²) in [7, 11) is 0. The number of nitrogens with one attached hydrogen (secondary N) is 1. The Kier molecular flexibility index (Phi) is 9.17. The molecule has 0 aliphatic carbocycles. The number of benzene rings is 1. The van der Waals surface area contributed by atoms with Crippen LogP contribution in [-0.4, -0.2) is 71.2 Å². The van der Waals surface area contributed by atoms with Crippen LogP contribution in [0.5, 0.6) is 0 Å². The molecule has 2 aliphatic heterocycles. The normalized spacial score (nSPS) is 17.2. The molecule has 0 bridgehead atoms. The van der Waals surface area contributed by atoms with Gasteiger partial charge in [0.1, 0.15) is 28.3 Å². The SMILES string of the molecule is CCc1nc2sc(C3CCN(CCNC4CCOCC4)CC3)cn2c1N(CC)c1nc(-c2ccc(F)cc2)c(C#N)s1. The van der Waals surface area contributed by atoms with Crippen LogP contribution in [0, 0.1) is 17.1 Å². The minimum Gasteiger partial charge on any atom is -0.381 e. The lowest BCUT2D eigenvalue weighted by Gasteiger charge is -2.32. The van der Waals surface area contributed by atoms with Crippen molar-refractivity contribution >= 4 is 38.6 Å². The van der Waals surface area contributed by atoms with Gasteiger partial charge in [-0.3, -0.25) is 4.40 Å². The molecule has 0 radical (unpaired) electrons. The third-order valence-electron chi connectivity index (χ3n) is 8.43. The number of fused-ring (bicyclic) bond motifs is 1. The van der Waals surface area contributed by atoms with Crippen molar-refractivity contribution in [3.63, 3.8) is 0 Å². The van der Waals surface area contributed by atoms with Crippen molar-refractivity contribution in [1.29, 1.82) is 5.26 Å². The maximum atomic E-state index is 13.6. The van der Waals surface area contributed by atoms with E-state index in [0.29, 0.717) is 29.1 Å². The van der Waals surface area contributed by atoms with Gasteiger partial charge in [-0.2, -0.15) is 5.26 Å². The smallest absolute Gasteiger partial charge is 0.195 e. The molecule has 2 fully saturated rings. The van der Waals surface area contributed by atoms with Gasteiger partial charge >= 0.3 is 0 Å². The molecule has 8 nitrogen and oxygen atoms in total. The fraction of sp³-hybridized carbons (Fsp3) is 0.516. The number of ether oxygens (including phenoxy) is 1. The monoisotopic (exact) mass is 607 g/mol. The van der Waals surface area contributed by atoms with Crippen LogP contribution >= 0.6 is 22.7 Å². The number of rotatable bonds is 10. The van der Waals surface area contributed by atoms with Gasteiger partial charge in [0, 0.05) is 55.5 Å². The summed E-state index contributed by atoms with van der Waals surface area (Å²) in [4.78, 5) is 17.6. The van der Waals surface area contributed by atoms with E-state index in [1.807, 2.05) is 0 Å². The highest BCUT2D eigenvalue weighted by Crippen LogP contribution is 2.40. The zero-order chi connectivity index (χ0) is 29.1. The Balaban J connectivity index is 1.18. The number of aryl methyl sites for hydroxylation is 1. The highest BCUT2D eigenvalue weighted by molar-refractivity contribution is 7.17. The number of anilines is 2. The predicted octanol–water partition coefficient (Wildman–Crippen LogP) is 6.20. The van der Waals surface area contributed by atoms with Gasteiger partial charge in [0.05, 0.1) is 5.69 Å². The molecule has 11 heteroatoms. The number of thiazole rings is 2. The van der Waals surface area contributed by atoms with Gasteiger partial charge in [-0.05, 0) is 82.3 Å². The van der Waals surface area contributed by atoms with Crippen molar-refractivity contribution in [2.75, 3.05) is 50.8 Å². The third-order valence-corrected chi connectivity index (χ3v) is 10.6. The summed E-state index contributed by atoms with van der Waals surface area (Å²) >= 11 is 3.18. The fourth-order valence-corrected chi connectivity index (χ4v) is 8.17. The first-order chi connectivity index (χ1) is 20.6. The molecule has 0 amide bonds. The highest BCUT2D eigenvalue weighted by Gasteiger charge is 2.27. The molecule has 0 unspecified atom stereocenters. The summed E-state index contributed by atoms with van der Waals surface area (Å²) in [5.74, 6) is 1.26. The zero-order valence-corrected chi connectivity index (χ0v) is 25.9. The first-order valence-electron chi connectivity index (χ1n) is 15.1. The zero-order valence-electron chi connectivity index (χ0n) is 24.3. The minimum atomic E-state index is -0.307. The molecule has 2 aliphatic rings. The average Bonchev–Trinajstić information content (AvgIpc) is 3.73. The number of imidazole rings is 1. The maximum absolute atomic E-state index is 13.6. The Hall–Kier alpha value is -2.88. The number of likely N-dealkylation sites (tertiary alicyclic amines) is 1. The van der Waals surface area contributed by atoms with Crippen molar-refractivity contribution < 1.29 is 9.13 Å². The van der Waals surface area contributed by atoms with E-state index in [1.54, 1.807) is 23.5 Å². The van der Waals surface area contributed by atoms with Crippen molar-refractivity contribution in [2.24, 2.45) is 0 Å². The van der Waals surface area contributed by atoms with Crippen LogP contribution in [-0.2, 0) is 11.2 Å². The van der Waals surface area contributed by atoms with E-state index in [9.17, 15) is 9.65 Å². The van der Waals surface area contributed by atoms with E-state index in [1.165, 1.54) is 28.3 Å². The maximum Gasteiger partial charge on any atom is 0.195 e. The van der Waals surface area contributed by atoms with Crippen molar-refractivity contribution in [3.8, 4) is 17.3 Å². The van der Waals surface area contributed by atoms with Crippen LogP contribution in [0.4, 0.5) is 15.3 Å². The second-order valence-electron chi connectivity index (χ2n) is 11.0. The largest absolute Gasteiger partial charge is 0.381 e. The molecule has 0 atom stereocenters. The van der Waals surface area contributed by atoms with Gasteiger partial charge in [-0.25, -0.2) is 14.4 Å². The van der Waals surface area contributed by atoms with Gasteiger partial charge in [-0.1, -0.05) is 18.3 Å². The standard InChI is InChI=1S/C31H38FN7OS2/c1-3-25-29(38(4-2)31-36-28(26(19-33)41-31)22-5-7-23(32)8-6-22)39-20-27(42-30(39)35-25)21-9-14-37(15-10-21)16-13-34-24-11-17-40-18-12-24/h5-8,20-21,24,34H,3-4,9-18H2,1-2H3. The summed E-state index contributed by atoms with van der Waals surface area (Å²) in [5.41, 5.74) is 2.36. The Bertz CT molecular complexity index is 1530. The fourth-order valence-electron chi connectivity index (χ4n) is 6.06. The van der Waals surface area contributed by atoms with Crippen LogP contribution in [0.3, 0.4) is 0 Å². The van der Waals surface area contributed by atoms with E-state index in [2.05, 4.69) is 45.6 Å². The first-order valence-corrected chi connectivity index (χ1v) is 16.7. The van der Waals surface area contributed by atoms with Crippen molar-refractivity contribution in [1.82, 2.24) is 24.6 Å². The molecule has 6 rings (SSSR count). The highest BCUT2D eigenvalue weighted by atomic mass is 32.1. The Morgan fingerprint density at radius 3 is 2.55 bits per heavy atom. The van der Waals surface area contributed by atoms with Crippen LogP contribution in [0.1, 0.15) is 60.9 Å². The van der Waals surface area contributed by atoms with Crippen LogP contribution in [0.25, 0.3) is 16.2 Å². The molecule has 5 heterocycles. The van der Waals surface area contributed by atoms with Gasteiger partial charge < -0.3 is 19.9 Å². The number of nitriles is 1. The number of hydrogen-bond donors (Lipinski definition) is 1. The summed E-state index contributed by atoms with van der Waals surface area (Å²) in [6.07, 6.45) is 7.66. The van der Waals surface area contributed by atoms with E-state index < -0.39 is 0 Å².